The number of benzene rings is 9. The van der Waals surface area contributed by atoms with Crippen LogP contribution < -0.4 is 0 Å². The first-order valence-electron chi connectivity index (χ1n) is 18.4. The van der Waals surface area contributed by atoms with Crippen LogP contribution in [-0.4, -0.2) is 11.6 Å². The lowest BCUT2D eigenvalue weighted by atomic mass is 9.82. The lowest BCUT2D eigenvalue weighted by molar-refractivity contribution is 0.0990. The average Bonchev–Trinajstić information content (AvgIpc) is 3.81. The van der Waals surface area contributed by atoms with Crippen molar-refractivity contribution in [3.63, 3.8) is 0 Å². The molecule has 0 atom stereocenters. The number of carbonyl (C=O) groups is 2. The van der Waals surface area contributed by atoms with Crippen molar-refractivity contribution in [2.24, 2.45) is 0 Å². The van der Waals surface area contributed by atoms with Gasteiger partial charge in [0.2, 0.25) is 0 Å². The Morgan fingerprint density at radius 3 is 1.33 bits per heavy atom. The maximum absolute atomic E-state index is 13.3. The van der Waals surface area contributed by atoms with E-state index in [-0.39, 0.29) is 17.1 Å². The molecule has 0 spiro atoms. The Balaban J connectivity index is 1.14. The molecule has 54 heavy (non-hydrogen) atoms. The average molecular weight is 685 g/mol. The molecule has 0 amide bonds. The monoisotopic (exact) mass is 684 g/mol. The van der Waals surface area contributed by atoms with E-state index in [1.54, 1.807) is 18.2 Å². The molecule has 0 saturated carbocycles. The standard InChI is InChI=1S/C52H28O2/c53-51-37-17-9-10-18-38(37)52(54)44(51)26-29-19-20-34-35-21-23-39-48-40(24-22-36(47(35)48)41(34)25-29)50-46(31-13-5-2-6-14-31)43-28-33-16-8-7-15-32(33)27-42(43)45(49(39)50)30-11-3-1-4-12-30/h1-28H. The minimum absolute atomic E-state index is 0.205. The zero-order chi connectivity index (χ0) is 35.7. The van der Waals surface area contributed by atoms with Crippen LogP contribution in [0.4, 0.5) is 0 Å². The van der Waals surface area contributed by atoms with Gasteiger partial charge in [0.25, 0.3) is 0 Å². The van der Waals surface area contributed by atoms with E-state index in [4.69, 9.17) is 0 Å². The summed E-state index contributed by atoms with van der Waals surface area (Å²) >= 11 is 0. The molecule has 0 N–H and O–H groups in total. The molecule has 0 saturated heterocycles. The van der Waals surface area contributed by atoms with Gasteiger partial charge in [0.1, 0.15) is 0 Å². The molecular weight excluding hydrogens is 657 g/mol. The molecular formula is C52H28O2. The zero-order valence-electron chi connectivity index (χ0n) is 29.0. The van der Waals surface area contributed by atoms with Gasteiger partial charge in [-0.1, -0.05) is 146 Å². The van der Waals surface area contributed by atoms with Gasteiger partial charge >= 0.3 is 0 Å². The highest BCUT2D eigenvalue weighted by Gasteiger charge is 2.35. The van der Waals surface area contributed by atoms with E-state index in [1.165, 1.54) is 93.5 Å². The highest BCUT2D eigenvalue weighted by atomic mass is 16.2. The highest BCUT2D eigenvalue weighted by Crippen LogP contribution is 2.61. The van der Waals surface area contributed by atoms with E-state index < -0.39 is 0 Å². The second-order valence-electron chi connectivity index (χ2n) is 14.6. The van der Waals surface area contributed by atoms with Crippen LogP contribution in [0.1, 0.15) is 26.3 Å². The quantitative estimate of drug-likeness (QED) is 0.105. The summed E-state index contributed by atoms with van der Waals surface area (Å²) in [5, 5.41) is 7.48. The van der Waals surface area contributed by atoms with E-state index in [9.17, 15) is 9.59 Å². The van der Waals surface area contributed by atoms with Crippen LogP contribution >= 0.6 is 0 Å². The van der Waals surface area contributed by atoms with Crippen LogP contribution in [0.3, 0.4) is 0 Å². The van der Waals surface area contributed by atoms with Crippen LogP contribution in [-0.2, 0) is 0 Å². The summed E-state index contributed by atoms with van der Waals surface area (Å²) in [5.74, 6) is -0.411. The van der Waals surface area contributed by atoms with Crippen LogP contribution in [0.25, 0.3) is 105 Å². The van der Waals surface area contributed by atoms with Gasteiger partial charge in [-0.05, 0) is 129 Å². The number of allylic oxidation sites excluding steroid dienone is 1. The molecule has 0 aromatic heterocycles. The number of rotatable bonds is 3. The topological polar surface area (TPSA) is 34.1 Å². The number of hydrogen-bond donors (Lipinski definition) is 0. The van der Waals surface area contributed by atoms with Gasteiger partial charge in [0, 0.05) is 11.1 Å². The van der Waals surface area contributed by atoms with Crippen molar-refractivity contribution in [1.82, 2.24) is 0 Å². The van der Waals surface area contributed by atoms with Crippen molar-refractivity contribution in [2.75, 3.05) is 0 Å². The minimum Gasteiger partial charge on any atom is -0.288 e. The zero-order valence-corrected chi connectivity index (χ0v) is 29.0. The summed E-state index contributed by atoms with van der Waals surface area (Å²) in [6, 6.07) is 57.9. The van der Waals surface area contributed by atoms with E-state index in [1.807, 2.05) is 18.2 Å². The molecule has 3 aliphatic carbocycles. The summed E-state index contributed by atoms with van der Waals surface area (Å²) in [6.07, 6.45) is 1.77. The Labute approximate surface area is 311 Å². The number of Topliss-reactive ketones (excluding diaryl/α,β-unsaturated/α-hetero) is 2. The van der Waals surface area contributed by atoms with Crippen LogP contribution in [0.2, 0.25) is 0 Å². The molecule has 0 bridgehead atoms. The van der Waals surface area contributed by atoms with Crippen molar-refractivity contribution in [3.8, 4) is 66.8 Å². The van der Waals surface area contributed by atoms with Crippen LogP contribution in [0.5, 0.6) is 0 Å². The molecule has 9 aromatic rings. The van der Waals surface area contributed by atoms with E-state index in [2.05, 4.69) is 133 Å². The Hall–Kier alpha value is -7.16. The summed E-state index contributed by atoms with van der Waals surface area (Å²) in [6.45, 7) is 0. The van der Waals surface area contributed by atoms with Crippen molar-refractivity contribution in [1.29, 1.82) is 0 Å². The molecule has 248 valence electrons. The first kappa shape index (κ1) is 29.4. The second-order valence-corrected chi connectivity index (χ2v) is 14.6. The summed E-state index contributed by atoms with van der Waals surface area (Å²) < 4.78 is 0. The fraction of sp³-hybridized carbons (Fsp3) is 0. The molecule has 0 aliphatic heterocycles. The van der Waals surface area contributed by atoms with Crippen molar-refractivity contribution in [2.45, 2.75) is 0 Å². The fourth-order valence-corrected chi connectivity index (χ4v) is 9.56. The molecule has 2 heteroatoms. The third kappa shape index (κ3) is 3.84. The summed E-state index contributed by atoms with van der Waals surface area (Å²) in [7, 11) is 0. The molecule has 0 heterocycles. The fourth-order valence-electron chi connectivity index (χ4n) is 9.56. The Morgan fingerprint density at radius 2 is 0.778 bits per heavy atom. The van der Waals surface area contributed by atoms with Gasteiger partial charge in [-0.2, -0.15) is 0 Å². The first-order chi connectivity index (χ1) is 26.6. The van der Waals surface area contributed by atoms with Crippen molar-refractivity contribution in [3.05, 3.63) is 186 Å². The lowest BCUT2D eigenvalue weighted by Crippen LogP contribution is -2.00. The van der Waals surface area contributed by atoms with Gasteiger partial charge in [-0.25, -0.2) is 0 Å². The largest absolute Gasteiger partial charge is 0.288 e. The van der Waals surface area contributed by atoms with E-state index in [0.717, 1.165) is 11.1 Å². The summed E-state index contributed by atoms with van der Waals surface area (Å²) in [5.41, 5.74) is 16.7. The van der Waals surface area contributed by atoms with Crippen molar-refractivity contribution >= 4 is 50.0 Å². The summed E-state index contributed by atoms with van der Waals surface area (Å²) in [4.78, 5) is 26.6. The Bertz CT molecular complexity index is 3070. The molecule has 2 nitrogen and oxygen atoms in total. The van der Waals surface area contributed by atoms with Gasteiger partial charge in [-0.15, -0.1) is 0 Å². The third-order valence-corrected chi connectivity index (χ3v) is 11.8. The van der Waals surface area contributed by atoms with Gasteiger partial charge in [-0.3, -0.25) is 9.59 Å². The molecule has 9 aromatic carbocycles. The van der Waals surface area contributed by atoms with Crippen LogP contribution in [0.15, 0.2) is 169 Å². The number of fused-ring (bicyclic) bond motifs is 9. The maximum Gasteiger partial charge on any atom is 0.197 e. The smallest absolute Gasteiger partial charge is 0.197 e. The lowest BCUT2D eigenvalue weighted by Gasteiger charge is -2.21. The van der Waals surface area contributed by atoms with Crippen molar-refractivity contribution < 1.29 is 9.59 Å². The molecule has 3 aliphatic rings. The van der Waals surface area contributed by atoms with Crippen LogP contribution in [0, 0.1) is 0 Å². The molecule has 0 radical (unpaired) electrons. The predicted octanol–water partition coefficient (Wildman–Crippen LogP) is 13.2. The number of carbonyl (C=O) groups excluding carboxylic acids is 2. The van der Waals surface area contributed by atoms with Gasteiger partial charge < -0.3 is 0 Å². The Morgan fingerprint density at radius 1 is 0.333 bits per heavy atom. The minimum atomic E-state index is -0.205. The maximum atomic E-state index is 13.3. The van der Waals surface area contributed by atoms with E-state index >= 15 is 0 Å². The predicted molar refractivity (Wildman–Crippen MR) is 222 cm³/mol. The van der Waals surface area contributed by atoms with E-state index in [0.29, 0.717) is 11.1 Å². The Kier molecular flexibility index (Phi) is 5.83. The molecule has 0 unspecified atom stereocenters. The van der Waals surface area contributed by atoms with Gasteiger partial charge in [0.15, 0.2) is 11.6 Å². The third-order valence-electron chi connectivity index (χ3n) is 11.8. The van der Waals surface area contributed by atoms with Gasteiger partial charge in [0.05, 0.1) is 5.57 Å². The SMILES string of the molecule is O=C1C(=Cc2ccc3c(c2)-c2ccc4c5c(ccc-3c25)-c2c-4c(-c3ccccc3)c3cc4ccccc4cc3c2-c2ccccc2)C(=O)c2ccccc21. The second kappa shape index (κ2) is 10.7. The number of ketones is 2. The molecule has 12 rings (SSSR count). The highest BCUT2D eigenvalue weighted by molar-refractivity contribution is 6.41. The normalized spacial score (nSPS) is 13.2. The number of hydrogen-bond acceptors (Lipinski definition) is 2. The molecule has 0 fully saturated rings. The first-order valence-corrected chi connectivity index (χ1v) is 18.4.